The highest BCUT2D eigenvalue weighted by molar-refractivity contribution is 5.97. The van der Waals surface area contributed by atoms with Gasteiger partial charge in [0, 0.05) is 18.8 Å². The molecule has 1 saturated heterocycles. The predicted molar refractivity (Wildman–Crippen MR) is 91.2 cm³/mol. The van der Waals surface area contributed by atoms with Crippen LogP contribution in [0.25, 0.3) is 0 Å². The summed E-state index contributed by atoms with van der Waals surface area (Å²) in [6, 6.07) is 4.42. The first-order valence-corrected chi connectivity index (χ1v) is 9.29. The summed E-state index contributed by atoms with van der Waals surface area (Å²) in [7, 11) is 0. The molecule has 3 atom stereocenters. The number of hydrogen-bond donors (Lipinski definition) is 1. The minimum Gasteiger partial charge on any atom is -0.310 e. The summed E-state index contributed by atoms with van der Waals surface area (Å²) in [5, 5.41) is 3.71. The van der Waals surface area contributed by atoms with Crippen molar-refractivity contribution in [3.05, 3.63) is 24.5 Å². The fourth-order valence-electron chi connectivity index (χ4n) is 4.46. The Kier molecular flexibility index (Phi) is 4.34. The van der Waals surface area contributed by atoms with Crippen molar-refractivity contribution in [2.24, 2.45) is 11.8 Å². The average Bonchev–Trinajstić information content (AvgIpc) is 3.43. The van der Waals surface area contributed by atoms with Gasteiger partial charge in [-0.15, -0.1) is 0 Å². The van der Waals surface area contributed by atoms with Gasteiger partial charge in [0.05, 0.1) is 17.9 Å². The van der Waals surface area contributed by atoms with Gasteiger partial charge in [0.25, 0.3) is 0 Å². The zero-order valence-corrected chi connectivity index (χ0v) is 13.8. The smallest absolute Gasteiger partial charge is 0.244 e. The lowest BCUT2D eigenvalue weighted by molar-refractivity contribution is -0.122. The van der Waals surface area contributed by atoms with Gasteiger partial charge >= 0.3 is 0 Å². The van der Waals surface area contributed by atoms with Crippen LogP contribution in [0.15, 0.2) is 24.5 Å². The number of nitrogens with zero attached hydrogens (tertiary/aromatic N) is 2. The molecule has 1 aliphatic heterocycles. The van der Waals surface area contributed by atoms with Crippen molar-refractivity contribution in [3.8, 4) is 0 Å². The lowest BCUT2D eigenvalue weighted by atomic mass is 9.82. The quantitative estimate of drug-likeness (QED) is 0.929. The van der Waals surface area contributed by atoms with E-state index in [9.17, 15) is 4.79 Å². The van der Waals surface area contributed by atoms with Crippen LogP contribution in [0.5, 0.6) is 0 Å². The van der Waals surface area contributed by atoms with Crippen molar-refractivity contribution in [1.82, 2.24) is 10.3 Å². The minimum atomic E-state index is -0.00749. The third kappa shape index (κ3) is 3.42. The van der Waals surface area contributed by atoms with Crippen LogP contribution in [0.4, 0.5) is 5.69 Å². The molecule has 3 fully saturated rings. The molecule has 0 bridgehead atoms. The van der Waals surface area contributed by atoms with Crippen molar-refractivity contribution >= 4 is 11.6 Å². The third-order valence-electron chi connectivity index (χ3n) is 5.84. The first-order chi connectivity index (χ1) is 11.3. The molecule has 1 amide bonds. The zero-order chi connectivity index (χ0) is 15.6. The van der Waals surface area contributed by atoms with Gasteiger partial charge in [-0.05, 0) is 62.5 Å². The molecule has 0 unspecified atom stereocenters. The van der Waals surface area contributed by atoms with Crippen LogP contribution in [0, 0.1) is 11.8 Å². The number of piperidine rings is 1. The van der Waals surface area contributed by atoms with Gasteiger partial charge in [0.15, 0.2) is 0 Å². The summed E-state index contributed by atoms with van der Waals surface area (Å²) in [6.45, 7) is 0.818. The van der Waals surface area contributed by atoms with Gasteiger partial charge in [-0.2, -0.15) is 0 Å². The van der Waals surface area contributed by atoms with Crippen LogP contribution in [0.2, 0.25) is 0 Å². The highest BCUT2D eigenvalue weighted by Gasteiger charge is 2.37. The first-order valence-electron chi connectivity index (χ1n) is 9.29. The first kappa shape index (κ1) is 15.1. The van der Waals surface area contributed by atoms with E-state index in [2.05, 4.69) is 10.3 Å². The molecule has 0 aromatic carbocycles. The molecule has 3 aliphatic rings. The maximum Gasteiger partial charge on any atom is 0.244 e. The number of pyridine rings is 1. The summed E-state index contributed by atoms with van der Waals surface area (Å²) < 4.78 is 0. The van der Waals surface area contributed by atoms with Crippen LogP contribution in [0.1, 0.15) is 51.4 Å². The Hall–Kier alpha value is -1.42. The Balaban J connectivity index is 1.39. The van der Waals surface area contributed by atoms with Gasteiger partial charge < -0.3 is 10.2 Å². The van der Waals surface area contributed by atoms with Crippen molar-refractivity contribution in [2.45, 2.75) is 63.5 Å². The number of hydrogen-bond acceptors (Lipinski definition) is 3. The average molecular weight is 313 g/mol. The summed E-state index contributed by atoms with van der Waals surface area (Å²) in [6.07, 6.45) is 13.7. The van der Waals surface area contributed by atoms with Crippen molar-refractivity contribution in [3.63, 3.8) is 0 Å². The number of anilines is 1. The van der Waals surface area contributed by atoms with E-state index in [-0.39, 0.29) is 11.9 Å². The Labute approximate surface area is 138 Å². The van der Waals surface area contributed by atoms with E-state index < -0.39 is 0 Å². The van der Waals surface area contributed by atoms with E-state index in [0.29, 0.717) is 6.04 Å². The molecule has 1 aromatic heterocycles. The highest BCUT2D eigenvalue weighted by atomic mass is 16.2. The van der Waals surface area contributed by atoms with Crippen LogP contribution in [-0.2, 0) is 4.79 Å². The van der Waals surface area contributed by atoms with E-state index in [4.69, 9.17) is 0 Å². The van der Waals surface area contributed by atoms with Crippen LogP contribution in [0.3, 0.4) is 0 Å². The van der Waals surface area contributed by atoms with Gasteiger partial charge in [0.1, 0.15) is 0 Å². The second-order valence-corrected chi connectivity index (χ2v) is 7.52. The Bertz CT molecular complexity index is 543. The van der Waals surface area contributed by atoms with Crippen LogP contribution < -0.4 is 10.2 Å². The molecular weight excluding hydrogens is 286 g/mol. The lowest BCUT2D eigenvalue weighted by Gasteiger charge is -2.37. The van der Waals surface area contributed by atoms with E-state index in [1.54, 1.807) is 12.4 Å². The molecule has 124 valence electrons. The largest absolute Gasteiger partial charge is 0.310 e. The summed E-state index contributed by atoms with van der Waals surface area (Å²) >= 11 is 0. The van der Waals surface area contributed by atoms with Gasteiger partial charge in [-0.3, -0.25) is 9.78 Å². The SMILES string of the molecule is O=C1[C@H](N[C@@H]2CCC[C@@H](C3CC3)C2)CCCN1c1cccnc1. The number of carbonyl (C=O) groups excluding carboxylic acids is 1. The topological polar surface area (TPSA) is 45.2 Å². The Morgan fingerprint density at radius 3 is 2.78 bits per heavy atom. The molecule has 2 aliphatic carbocycles. The van der Waals surface area contributed by atoms with E-state index in [1.165, 1.54) is 38.5 Å². The predicted octanol–water partition coefficient (Wildman–Crippen LogP) is 3.14. The fourth-order valence-corrected chi connectivity index (χ4v) is 4.46. The number of nitrogens with one attached hydrogen (secondary N) is 1. The molecule has 4 heteroatoms. The molecule has 23 heavy (non-hydrogen) atoms. The molecule has 4 rings (SSSR count). The fraction of sp³-hybridized carbons (Fsp3) is 0.684. The van der Waals surface area contributed by atoms with Gasteiger partial charge in [-0.25, -0.2) is 0 Å². The number of aromatic nitrogens is 1. The molecule has 1 N–H and O–H groups in total. The second-order valence-electron chi connectivity index (χ2n) is 7.52. The molecule has 0 radical (unpaired) electrons. The van der Waals surface area contributed by atoms with E-state index in [1.807, 2.05) is 17.0 Å². The molecule has 0 spiro atoms. The van der Waals surface area contributed by atoms with E-state index in [0.717, 1.165) is 36.9 Å². The number of carbonyl (C=O) groups is 1. The number of amides is 1. The summed E-state index contributed by atoms with van der Waals surface area (Å²) in [4.78, 5) is 18.9. The third-order valence-corrected chi connectivity index (χ3v) is 5.84. The Morgan fingerprint density at radius 2 is 2.00 bits per heavy atom. The molecule has 4 nitrogen and oxygen atoms in total. The Morgan fingerprint density at radius 1 is 1.09 bits per heavy atom. The molecule has 1 aromatic rings. The minimum absolute atomic E-state index is 0.00749. The van der Waals surface area contributed by atoms with Crippen molar-refractivity contribution < 1.29 is 4.79 Å². The summed E-state index contributed by atoms with van der Waals surface area (Å²) in [5.41, 5.74) is 0.934. The lowest BCUT2D eigenvalue weighted by Crippen LogP contribution is -2.54. The monoisotopic (exact) mass is 313 g/mol. The summed E-state index contributed by atoms with van der Waals surface area (Å²) in [5.74, 6) is 2.14. The van der Waals surface area contributed by atoms with E-state index >= 15 is 0 Å². The molecular formula is C19H27N3O. The second kappa shape index (κ2) is 6.60. The van der Waals surface area contributed by atoms with Gasteiger partial charge in [-0.1, -0.05) is 12.8 Å². The molecule has 2 saturated carbocycles. The molecule has 2 heterocycles. The normalized spacial score (nSPS) is 32.1. The standard InChI is InChI=1S/C19H27N3O/c23-19-18(7-3-11-22(19)17-6-2-10-20-13-17)21-16-5-1-4-15(12-16)14-8-9-14/h2,6,10,13-16,18,21H,1,3-5,7-9,11-12H2/t15-,16-,18-/m1/s1. The van der Waals surface area contributed by atoms with Gasteiger partial charge in [0.2, 0.25) is 5.91 Å². The maximum atomic E-state index is 12.9. The van der Waals surface area contributed by atoms with Crippen molar-refractivity contribution in [2.75, 3.05) is 11.4 Å². The highest BCUT2D eigenvalue weighted by Crippen LogP contribution is 2.44. The van der Waals surface area contributed by atoms with Crippen LogP contribution >= 0.6 is 0 Å². The van der Waals surface area contributed by atoms with Crippen molar-refractivity contribution in [1.29, 1.82) is 0 Å². The van der Waals surface area contributed by atoms with Crippen LogP contribution in [-0.4, -0.2) is 29.5 Å². The zero-order valence-electron chi connectivity index (χ0n) is 13.8. The maximum absolute atomic E-state index is 12.9. The number of rotatable bonds is 4.